The topological polar surface area (TPSA) is 222 Å². The normalized spacial score (nSPS) is 25.4. The number of fused-ring (bicyclic) bond motifs is 8. The summed E-state index contributed by atoms with van der Waals surface area (Å²) >= 11 is 0. The van der Waals surface area contributed by atoms with E-state index in [1.807, 2.05) is 48.5 Å². The number of hydrogen-bond acceptors (Lipinski definition) is 24. The summed E-state index contributed by atoms with van der Waals surface area (Å²) in [6, 6.07) is 15.3. The molecule has 24 rings (SSSR count). The quantitative estimate of drug-likeness (QED) is 0.0358. The summed E-state index contributed by atoms with van der Waals surface area (Å²) in [4.78, 5) is 0. The van der Waals surface area contributed by atoms with Gasteiger partial charge in [0.15, 0.2) is 92.0 Å². The van der Waals surface area contributed by atoms with Gasteiger partial charge in [-0.15, -0.1) is 0 Å². The molecule has 0 N–H and O–H groups in total. The summed E-state index contributed by atoms with van der Waals surface area (Å²) in [6.45, 7) is -12.2. The fourth-order valence-corrected chi connectivity index (χ4v) is 23.8. The molecule has 776 valence electrons. The molecule has 24 heteroatoms. The molecule has 0 amide bonds. The van der Waals surface area contributed by atoms with Crippen LogP contribution in [0.1, 0.15) is 471 Å². The molecule has 40 bridgehead atoms. The van der Waals surface area contributed by atoms with E-state index in [2.05, 4.69) is 55.4 Å². The molecular formula is C120H152O24. The van der Waals surface area contributed by atoms with Crippen LogP contribution in [-0.2, 0) is 0 Å². The molecule has 0 aromatic heterocycles. The van der Waals surface area contributed by atoms with Crippen molar-refractivity contribution >= 4 is 0 Å². The Morgan fingerprint density at radius 2 is 0.243 bits per heavy atom. The van der Waals surface area contributed by atoms with Gasteiger partial charge in [-0.05, 0) is 151 Å². The second-order valence-electron chi connectivity index (χ2n) is 40.6. The van der Waals surface area contributed by atoms with Gasteiger partial charge in [-0.1, -0.05) is 209 Å². The molecule has 0 saturated carbocycles. The maximum Gasteiger partial charge on any atom is 0.231 e. The zero-order chi connectivity index (χ0) is 112. The van der Waals surface area contributed by atoms with Gasteiger partial charge in [-0.25, -0.2) is 0 Å². The van der Waals surface area contributed by atoms with Crippen LogP contribution in [0.3, 0.4) is 0 Å². The van der Waals surface area contributed by atoms with Crippen molar-refractivity contribution in [3.8, 4) is 138 Å². The summed E-state index contributed by atoms with van der Waals surface area (Å²) in [5.74, 6) is -13.4. The zero-order valence-electron chi connectivity index (χ0n) is 101. The van der Waals surface area contributed by atoms with Gasteiger partial charge >= 0.3 is 0 Å². The molecule has 8 aromatic rings. The van der Waals surface area contributed by atoms with Crippen molar-refractivity contribution in [1.82, 2.24) is 0 Å². The number of ether oxygens (including phenoxy) is 24. The van der Waals surface area contributed by atoms with E-state index in [1.54, 1.807) is 0 Å². The van der Waals surface area contributed by atoms with Crippen LogP contribution in [0.25, 0.3) is 0 Å². The first-order valence-electron chi connectivity index (χ1n) is 62.6. The average Bonchev–Trinajstić information content (AvgIpc) is 0.707. The molecule has 0 fully saturated rings. The predicted molar refractivity (Wildman–Crippen MR) is 549 cm³/mol. The summed E-state index contributed by atoms with van der Waals surface area (Å²) in [7, 11) is 0. The molecule has 24 nitrogen and oxygen atoms in total. The molecule has 0 unspecified atom stereocenters. The van der Waals surface area contributed by atoms with Crippen molar-refractivity contribution in [2.45, 2.75) is 360 Å². The van der Waals surface area contributed by atoms with Crippen molar-refractivity contribution in [2.24, 2.45) is 0 Å². The van der Waals surface area contributed by atoms with Gasteiger partial charge in [0, 0.05) is 136 Å². The van der Waals surface area contributed by atoms with E-state index in [1.165, 1.54) is 0 Å². The first-order chi connectivity index (χ1) is 76.9. The third kappa shape index (κ3) is 19.5. The Bertz CT molecular complexity index is 5240. The fraction of sp³-hybridized carbons (Fsp3) is 0.600. The maximum absolute atomic E-state index is 10.6. The smallest absolute Gasteiger partial charge is 0.231 e. The minimum absolute atomic E-state index is 0.0309. The standard InChI is InChI=1S/C120H152O24/c1-9-17-25-41-73-81-57-83-74(42-26-18-10-2)85-59-87-76(44-28-20-12-4)88-60-86-75(43-27-19-11-3)84-58-82(73)98-114-100(84)132-67-134-102(86)116-104(88)136-68-135-103(87)115-101(85)133-66-131-99(83)113(97(81)129-65-130-98)121-49-33-35-51-125-117-105-89-61-91-78(46-30-22-14-6)93-63-95-80(48-32-24-16-8)96-64-94-79(47-31-23-15-7)92-62-90(77(89)45-29-21-13-5)106(138-69-137-105)118(126-52-36-34-50-122-114)108(92)140-71-142-110(94)120(128-56-40-38-54-124-116)112(96)144-72-143-111(95)119(127-55-39-37-53-123-115)109(93)141-70-139-107(91)117/h57-64,73-80H,9-56,65-72H2,1-8H3/i65D2,66D2,67D2,68D2,69D2,70D2,71D2,72D2. The van der Waals surface area contributed by atoms with Gasteiger partial charge < -0.3 is 114 Å². The van der Waals surface area contributed by atoms with E-state index in [-0.39, 0.29) is 294 Å². The third-order valence-corrected chi connectivity index (χ3v) is 31.2. The molecule has 0 radical (unpaired) electrons. The van der Waals surface area contributed by atoms with E-state index < -0.39 is 101 Å². The second-order valence-corrected chi connectivity index (χ2v) is 40.6. The Morgan fingerprint density at radius 3 is 0.333 bits per heavy atom. The monoisotopic (exact) mass is 1990 g/mol. The number of hydrogen-bond donors (Lipinski definition) is 0. The summed E-state index contributed by atoms with van der Waals surface area (Å²) in [5.41, 5.74) is 5.47. The molecule has 16 aliphatic rings. The van der Waals surface area contributed by atoms with E-state index in [0.717, 1.165) is 51.4 Å². The van der Waals surface area contributed by atoms with Crippen molar-refractivity contribution in [3.05, 3.63) is 138 Å². The first kappa shape index (κ1) is 81.1. The third-order valence-electron chi connectivity index (χ3n) is 31.2. The Balaban J connectivity index is 0.969. The Morgan fingerprint density at radius 1 is 0.146 bits per heavy atom. The molecule has 16 aliphatic heterocycles. The van der Waals surface area contributed by atoms with E-state index in [9.17, 15) is 21.9 Å². The van der Waals surface area contributed by atoms with Gasteiger partial charge in [0.1, 0.15) is 21.9 Å². The van der Waals surface area contributed by atoms with Gasteiger partial charge in [-0.2, -0.15) is 0 Å². The van der Waals surface area contributed by atoms with Crippen molar-refractivity contribution < 1.29 is 136 Å². The molecule has 0 atom stereocenters. The maximum atomic E-state index is 10.6. The Kier molecular flexibility index (Phi) is 26.1. The highest BCUT2D eigenvalue weighted by Gasteiger charge is 2.48. The van der Waals surface area contributed by atoms with Gasteiger partial charge in [0.2, 0.25) is 100.0 Å². The highest BCUT2D eigenvalue weighted by atomic mass is 16.7. The highest BCUT2D eigenvalue weighted by molar-refractivity contribution is 5.77. The minimum atomic E-state index is -3.32. The van der Waals surface area contributed by atoms with E-state index in [4.69, 9.17) is 114 Å². The Hall–Kier alpha value is -11.0. The SMILES string of the molecule is [2H]C1([2H])Oc2c3cc4c5c2OCCCCOc2c6c7cc8c2OC([2H])([2H])Oc2c(cc9c%10c2OCCCCOc2c(c(cc%11c2OC([2H])([2H])Oc2c(cc%12c%13c2OCCCCOc2c%14c(cc(c2OC([2H])([2H])O%10)C9CCCCC)C(CCCCC)c2cc(c(c(c2OC([2H])([2H])O%14)OCCCCOc2c(c(cc(c2OC([2H])([2H])O%13)C%12CCCCC)C3CCCCC)O1)OC([2H])([2H])O6)C7CCCCC)C%11CCCCC)C4CCCCC)OC([2H])([2H])O5)C8CCCCC. The summed E-state index contributed by atoms with van der Waals surface area (Å²) in [5, 5.41) is 0. The lowest BCUT2D eigenvalue weighted by Crippen LogP contribution is -2.25. The molecule has 144 heavy (non-hydrogen) atoms. The number of benzene rings is 8. The van der Waals surface area contributed by atoms with Crippen LogP contribution in [0, 0.1) is 0 Å². The number of unbranched alkanes of at least 4 members (excludes halogenated alkanes) is 16. The second kappa shape index (κ2) is 46.4. The predicted octanol–water partition coefficient (Wildman–Crippen LogP) is 29.7. The van der Waals surface area contributed by atoms with Crippen molar-refractivity contribution in [1.29, 1.82) is 0 Å². The average molecular weight is 1990 g/mol. The summed E-state index contributed by atoms with van der Waals surface area (Å²) < 4.78 is 342. The van der Waals surface area contributed by atoms with Crippen LogP contribution in [0.4, 0.5) is 0 Å². The minimum Gasteiger partial charge on any atom is -0.486 e. The van der Waals surface area contributed by atoms with Crippen molar-refractivity contribution in [3.63, 3.8) is 0 Å². The molecule has 0 saturated heterocycles. The van der Waals surface area contributed by atoms with Crippen LogP contribution in [0.2, 0.25) is 0 Å². The Labute approximate surface area is 873 Å². The van der Waals surface area contributed by atoms with Gasteiger partial charge in [-0.3, -0.25) is 0 Å². The number of rotatable bonds is 32. The molecule has 0 aliphatic carbocycles. The highest BCUT2D eigenvalue weighted by Crippen LogP contribution is 2.68. The first-order valence-corrected chi connectivity index (χ1v) is 54.6. The molecular weight excluding hydrogens is 1830 g/mol. The lowest BCUT2D eigenvalue weighted by molar-refractivity contribution is 0.0790. The lowest BCUT2D eigenvalue weighted by Gasteiger charge is -2.37. The largest absolute Gasteiger partial charge is 0.486 e. The van der Waals surface area contributed by atoms with Crippen LogP contribution in [0.5, 0.6) is 138 Å². The lowest BCUT2D eigenvalue weighted by atomic mass is 9.75. The van der Waals surface area contributed by atoms with E-state index >= 15 is 0 Å². The van der Waals surface area contributed by atoms with Crippen LogP contribution < -0.4 is 114 Å². The molecule has 0 spiro atoms. The molecule has 16 heterocycles. The van der Waals surface area contributed by atoms with Crippen LogP contribution in [0.15, 0.2) is 48.5 Å². The fourth-order valence-electron chi connectivity index (χ4n) is 23.8. The van der Waals surface area contributed by atoms with E-state index in [0.29, 0.717) is 192 Å². The van der Waals surface area contributed by atoms with Gasteiger partial charge in [0.05, 0.1) is 52.9 Å². The van der Waals surface area contributed by atoms with Gasteiger partial charge in [0.25, 0.3) is 0 Å². The molecule has 8 aromatic carbocycles. The zero-order valence-corrected chi connectivity index (χ0v) is 85.0. The van der Waals surface area contributed by atoms with Crippen LogP contribution in [-0.4, -0.2) is 107 Å². The van der Waals surface area contributed by atoms with Crippen LogP contribution >= 0.6 is 0 Å². The van der Waals surface area contributed by atoms with Crippen molar-refractivity contribution in [2.75, 3.05) is 107 Å². The summed E-state index contributed by atoms with van der Waals surface area (Å²) in [6.07, 6.45) is 17.8.